The Hall–Kier alpha value is -6.53. The maximum absolute atomic E-state index is 14.1. The molecule has 6 aromatic rings. The van der Waals surface area contributed by atoms with Gasteiger partial charge in [-0.25, -0.2) is 0 Å². The number of phenolic OH excluding ortho intramolecular Hbond substituents is 1. The Labute approximate surface area is 370 Å². The molecule has 0 spiro atoms. The predicted molar refractivity (Wildman–Crippen MR) is 263 cm³/mol. The third kappa shape index (κ3) is 7.92. The average Bonchev–Trinajstić information content (AvgIpc) is 3.33. The summed E-state index contributed by atoms with van der Waals surface area (Å²) in [5.41, 5.74) is 6.74. The van der Waals surface area contributed by atoms with Crippen LogP contribution < -0.4 is 26.2 Å². The van der Waals surface area contributed by atoms with Gasteiger partial charge in [0.05, 0.1) is 0 Å². The predicted octanol–water partition coefficient (Wildman–Crippen LogP) is 10.0. The quantitative estimate of drug-likeness (QED) is 0.0750. The number of nitrogens with zero attached hydrogens (tertiary/aromatic N) is 3. The first kappa shape index (κ1) is 41.8. The molecule has 1 aliphatic carbocycles. The Morgan fingerprint density at radius 3 is 1.86 bits per heavy atom. The van der Waals surface area contributed by atoms with Gasteiger partial charge < -0.3 is 14.4 Å². The Bertz CT molecular complexity index is 2810. The maximum atomic E-state index is 14.1. The molecule has 9 rings (SSSR count). The van der Waals surface area contributed by atoms with Crippen LogP contribution in [-0.4, -0.2) is 73.4 Å². The number of amides is 1. The zero-order chi connectivity index (χ0) is 43.6. The van der Waals surface area contributed by atoms with Crippen LogP contribution in [0.1, 0.15) is 28.8 Å². The van der Waals surface area contributed by atoms with Crippen LogP contribution in [0.5, 0.6) is 5.75 Å². The van der Waals surface area contributed by atoms with E-state index in [-0.39, 0.29) is 17.1 Å². The van der Waals surface area contributed by atoms with Gasteiger partial charge >= 0.3 is 222 Å². The summed E-state index contributed by atoms with van der Waals surface area (Å²) in [6.45, 7) is 5.94. The Morgan fingerprint density at radius 2 is 1.25 bits per heavy atom. The number of anilines is 2. The number of unbranched alkanes of at least 4 members (excludes halogenated alkanes) is 1. The van der Waals surface area contributed by atoms with Crippen molar-refractivity contribution in [2.75, 3.05) is 57.5 Å². The number of aromatic hydroxyl groups is 1. The SMILES string of the molecule is Cc1cc(C(=O)N2CCN(CCCCP(C)(c3ccccc3)(c3ccccc3)c3ccccc3)CC2)ccc1-c1c2ccc(=O)cc-2oc2cc(N(C)c3ccc(O)cc3)ccc12. The van der Waals surface area contributed by atoms with E-state index >= 15 is 0 Å². The standard InChI is InChI=1S/C55H54N3O4P/c1-40-37-41(21-28-49(40)54-50-29-24-43(56(2)42-22-25-44(59)26-23-42)38-52(50)62-53-39-45(60)27-30-51(53)54)55(61)58-34-32-57(33-35-58)31-13-14-36-63(3,46-15-7-4-8-16-46,47-17-9-5-10-18-47)48-19-11-6-12-20-48/h4-12,15-30,37-39,59H,13-14,31-36H2,1-3H3. The van der Waals surface area contributed by atoms with Crippen molar-refractivity contribution in [2.24, 2.45) is 0 Å². The number of rotatable bonds is 12. The van der Waals surface area contributed by atoms with Gasteiger partial charge in [-0.2, -0.15) is 0 Å². The molecule has 7 nitrogen and oxygen atoms in total. The number of phenols is 1. The molecular weight excluding hydrogens is 798 g/mol. The van der Waals surface area contributed by atoms with Crippen molar-refractivity contribution < 1.29 is 14.3 Å². The summed E-state index contributed by atoms with van der Waals surface area (Å²) in [5, 5.41) is 15.0. The second-order valence-corrected chi connectivity index (χ2v) is 22.9. The second-order valence-electron chi connectivity index (χ2n) is 17.3. The molecule has 1 saturated heterocycles. The molecule has 318 valence electrons. The zero-order valence-electron chi connectivity index (χ0n) is 36.3. The van der Waals surface area contributed by atoms with E-state index in [0.29, 0.717) is 30.0 Å². The monoisotopic (exact) mass is 851 g/mol. The van der Waals surface area contributed by atoms with Gasteiger partial charge in [-0.1, -0.05) is 0 Å². The fourth-order valence-electron chi connectivity index (χ4n) is 9.79. The Balaban J connectivity index is 0.894. The van der Waals surface area contributed by atoms with E-state index < -0.39 is 6.60 Å². The van der Waals surface area contributed by atoms with Crippen molar-refractivity contribution in [3.05, 3.63) is 191 Å². The molecule has 0 atom stereocenters. The molecule has 0 radical (unpaired) electrons. The van der Waals surface area contributed by atoms with E-state index in [1.165, 1.54) is 22.0 Å². The molecule has 1 fully saturated rings. The molecule has 8 heteroatoms. The molecule has 0 aromatic heterocycles. The summed E-state index contributed by atoms with van der Waals surface area (Å²) in [4.78, 5) is 33.1. The van der Waals surface area contributed by atoms with Crippen LogP contribution >= 0.6 is 6.60 Å². The fraction of sp³-hybridized carbons (Fsp3) is 0.200. The van der Waals surface area contributed by atoms with Crippen molar-refractivity contribution in [3.8, 4) is 28.2 Å². The van der Waals surface area contributed by atoms with E-state index in [1.54, 1.807) is 18.2 Å². The first-order valence-corrected chi connectivity index (χ1v) is 24.8. The van der Waals surface area contributed by atoms with E-state index in [1.807, 2.05) is 72.3 Å². The normalized spacial score (nSPS) is 14.1. The minimum Gasteiger partial charge on any atom is -0.508 e. The van der Waals surface area contributed by atoms with Crippen molar-refractivity contribution in [1.29, 1.82) is 0 Å². The van der Waals surface area contributed by atoms with Gasteiger partial charge in [-0.15, -0.1) is 0 Å². The van der Waals surface area contributed by atoms with Crippen LogP contribution in [0.2, 0.25) is 0 Å². The van der Waals surface area contributed by atoms with Crippen molar-refractivity contribution >= 4 is 50.8 Å². The summed E-state index contributed by atoms with van der Waals surface area (Å²) in [7, 11) is 1.96. The number of benzene rings is 7. The van der Waals surface area contributed by atoms with Gasteiger partial charge in [-0.3, -0.25) is 4.79 Å². The summed E-state index contributed by atoms with van der Waals surface area (Å²) in [6.07, 6.45) is 3.29. The van der Waals surface area contributed by atoms with E-state index in [2.05, 4.69) is 109 Å². The van der Waals surface area contributed by atoms with Gasteiger partial charge in [0.2, 0.25) is 0 Å². The molecule has 0 unspecified atom stereocenters. The zero-order valence-corrected chi connectivity index (χ0v) is 37.2. The molecule has 0 saturated carbocycles. The van der Waals surface area contributed by atoms with Gasteiger partial charge in [0.1, 0.15) is 17.1 Å². The molecule has 2 heterocycles. The summed E-state index contributed by atoms with van der Waals surface area (Å²) in [5.74, 6) is 0.765. The topological polar surface area (TPSA) is 77.2 Å². The number of fused-ring (bicyclic) bond motifs is 2. The minimum absolute atomic E-state index is 0.0527. The van der Waals surface area contributed by atoms with E-state index in [0.717, 1.165) is 77.7 Å². The summed E-state index contributed by atoms with van der Waals surface area (Å²) >= 11 is 0. The van der Waals surface area contributed by atoms with Gasteiger partial charge in [0.25, 0.3) is 0 Å². The van der Waals surface area contributed by atoms with Crippen molar-refractivity contribution in [2.45, 2.75) is 19.8 Å². The third-order valence-electron chi connectivity index (χ3n) is 13.5. The smallest absolute Gasteiger partial charge is 0.508 e. The number of hydrogen-bond donors (Lipinski definition) is 1. The van der Waals surface area contributed by atoms with Crippen LogP contribution in [0.4, 0.5) is 11.4 Å². The van der Waals surface area contributed by atoms with Gasteiger partial charge in [0.15, 0.2) is 5.43 Å². The van der Waals surface area contributed by atoms with Crippen LogP contribution in [-0.2, 0) is 0 Å². The van der Waals surface area contributed by atoms with Crippen LogP contribution in [0.3, 0.4) is 0 Å². The second kappa shape index (κ2) is 17.3. The number of aryl methyl sites for hydroxylation is 1. The number of hydrogen-bond acceptors (Lipinski definition) is 6. The molecule has 0 bridgehead atoms. The van der Waals surface area contributed by atoms with E-state index in [4.69, 9.17) is 4.42 Å². The Morgan fingerprint density at radius 1 is 0.667 bits per heavy atom. The molecule has 1 amide bonds. The van der Waals surface area contributed by atoms with Gasteiger partial charge in [-0.05, 0) is 61.0 Å². The fourth-order valence-corrected chi connectivity index (χ4v) is 15.4. The van der Waals surface area contributed by atoms with Crippen molar-refractivity contribution in [3.63, 3.8) is 0 Å². The molecule has 6 aromatic carbocycles. The first-order chi connectivity index (χ1) is 30.6. The number of carbonyl (C=O) groups excluding carboxylic acids is 1. The molecule has 3 aliphatic rings. The van der Waals surface area contributed by atoms with Crippen LogP contribution in [0.15, 0.2) is 179 Å². The van der Waals surface area contributed by atoms with Gasteiger partial charge in [0, 0.05) is 47.1 Å². The van der Waals surface area contributed by atoms with Crippen molar-refractivity contribution in [1.82, 2.24) is 9.80 Å². The molecule has 63 heavy (non-hydrogen) atoms. The average molecular weight is 852 g/mol. The molecule has 1 N–H and O–H groups in total. The Kier molecular flexibility index (Phi) is 11.5. The van der Waals surface area contributed by atoms with Crippen LogP contribution in [0.25, 0.3) is 33.4 Å². The number of carbonyl (C=O) groups is 1. The minimum atomic E-state index is -2.77. The van der Waals surface area contributed by atoms with E-state index in [9.17, 15) is 14.7 Å². The molecule has 2 aliphatic heterocycles. The summed E-state index contributed by atoms with van der Waals surface area (Å²) < 4.78 is 6.40. The molecular formula is C55H54N3O4P. The number of piperazine rings is 1. The third-order valence-corrected chi connectivity index (χ3v) is 20.0. The van der Waals surface area contributed by atoms with Crippen LogP contribution in [0, 0.1) is 6.92 Å². The first-order valence-electron chi connectivity index (χ1n) is 21.9. The summed E-state index contributed by atoms with van der Waals surface area (Å²) in [6, 6.07) is 57.6.